The zero-order valence-corrected chi connectivity index (χ0v) is 22.4. The molecule has 0 bridgehead atoms. The zero-order chi connectivity index (χ0) is 24.3. The molecule has 0 N–H and O–H groups in total. The molecule has 1 aliphatic rings. The summed E-state index contributed by atoms with van der Waals surface area (Å²) in [6.45, 7) is 9.41. The maximum absolute atomic E-state index is 12.0. The number of pyridine rings is 1. The largest absolute Gasteiger partial charge is 0.361 e. The highest BCUT2D eigenvalue weighted by molar-refractivity contribution is 7.88. The van der Waals surface area contributed by atoms with Gasteiger partial charge in [0.25, 0.3) is 0 Å². The van der Waals surface area contributed by atoms with Crippen molar-refractivity contribution >= 4 is 29.3 Å². The van der Waals surface area contributed by atoms with Crippen molar-refractivity contribution < 1.29 is 13.2 Å². The molecule has 1 atom stereocenters. The molecule has 0 aliphatic carbocycles. The summed E-state index contributed by atoms with van der Waals surface area (Å²) in [6.07, 6.45) is 9.42. The van der Waals surface area contributed by atoms with E-state index in [1.807, 2.05) is 29.0 Å². The van der Waals surface area contributed by atoms with Gasteiger partial charge in [0.1, 0.15) is 12.2 Å². The Labute approximate surface area is 203 Å². The van der Waals surface area contributed by atoms with Crippen LogP contribution < -0.4 is 0 Å². The lowest BCUT2D eigenvalue weighted by molar-refractivity contribution is 0.0899. The van der Waals surface area contributed by atoms with Gasteiger partial charge >= 0.3 is 0 Å². The third-order valence-corrected chi connectivity index (χ3v) is 9.26. The van der Waals surface area contributed by atoms with Crippen LogP contribution in [0, 0.1) is 5.92 Å². The highest BCUT2D eigenvalue weighted by Gasteiger charge is 2.27. The van der Waals surface area contributed by atoms with E-state index in [-0.39, 0.29) is 5.92 Å². The quantitative estimate of drug-likeness (QED) is 0.325. The van der Waals surface area contributed by atoms with Crippen molar-refractivity contribution in [1.29, 1.82) is 0 Å². The lowest BCUT2D eigenvalue weighted by Crippen LogP contribution is -2.39. The van der Waals surface area contributed by atoms with Gasteiger partial charge in [-0.05, 0) is 49.4 Å². The molecule has 3 aromatic heterocycles. The number of hydrogen-bond acceptors (Lipinski definition) is 6. The van der Waals surface area contributed by atoms with Gasteiger partial charge in [0.05, 0.1) is 23.8 Å². The van der Waals surface area contributed by atoms with Gasteiger partial charge in [-0.15, -0.1) is 0 Å². The van der Waals surface area contributed by atoms with E-state index < -0.39 is 18.1 Å². The topological polar surface area (TPSA) is 90.2 Å². The number of piperidine rings is 1. The number of ether oxygens (including phenoxy) is 1. The molecule has 0 spiro atoms. The smallest absolute Gasteiger partial charge is 0.211 e. The standard InChI is InChI=1S/C24H35N5O3SSi/c1-33(30,31)29-11-6-7-19(17-29)15-22-20(8-5-10-25-22)23-16-26-24-21(27-23)9-12-28(24)18-32-13-14-34(2,3)4/h5,8-10,12,16,19H,6-7,11,13-15,17-18H2,1-4H3/t19-/m1/s1. The number of hydrogen-bond donors (Lipinski definition) is 0. The van der Waals surface area contributed by atoms with E-state index in [2.05, 4.69) is 24.6 Å². The molecule has 1 saturated heterocycles. The summed E-state index contributed by atoms with van der Waals surface area (Å²) < 4.78 is 33.5. The molecule has 1 fully saturated rings. The van der Waals surface area contributed by atoms with Crippen molar-refractivity contribution in [1.82, 2.24) is 23.8 Å². The van der Waals surface area contributed by atoms with Crippen molar-refractivity contribution in [2.75, 3.05) is 26.0 Å². The minimum atomic E-state index is -3.17. The molecule has 0 radical (unpaired) electrons. The first-order valence-corrected chi connectivity index (χ1v) is 17.4. The number of fused-ring (bicyclic) bond motifs is 1. The van der Waals surface area contributed by atoms with Crippen molar-refractivity contribution in [2.45, 2.75) is 51.7 Å². The molecule has 184 valence electrons. The summed E-state index contributed by atoms with van der Waals surface area (Å²) in [5.74, 6) is 0.239. The van der Waals surface area contributed by atoms with Crippen LogP contribution in [0.25, 0.3) is 22.4 Å². The molecule has 3 aromatic rings. The van der Waals surface area contributed by atoms with Crippen molar-refractivity contribution in [2.24, 2.45) is 5.92 Å². The fraction of sp³-hybridized carbons (Fsp3) is 0.542. The van der Waals surface area contributed by atoms with Crippen molar-refractivity contribution in [3.8, 4) is 11.3 Å². The average Bonchev–Trinajstić information content (AvgIpc) is 3.18. The second-order valence-corrected chi connectivity index (χ2v) is 18.0. The molecule has 4 rings (SSSR count). The fourth-order valence-electron chi connectivity index (χ4n) is 4.34. The average molecular weight is 502 g/mol. The van der Waals surface area contributed by atoms with E-state index in [1.165, 1.54) is 6.26 Å². The second kappa shape index (κ2) is 10.2. The highest BCUT2D eigenvalue weighted by Crippen LogP contribution is 2.27. The molecule has 0 unspecified atom stereocenters. The van der Waals surface area contributed by atoms with Crippen LogP contribution in [0.2, 0.25) is 25.7 Å². The minimum absolute atomic E-state index is 0.239. The molecule has 1 aliphatic heterocycles. The lowest BCUT2D eigenvalue weighted by atomic mass is 9.92. The van der Waals surface area contributed by atoms with Gasteiger partial charge in [0, 0.05) is 45.7 Å². The first-order chi connectivity index (χ1) is 16.1. The first kappa shape index (κ1) is 25.0. The zero-order valence-electron chi connectivity index (χ0n) is 20.6. The summed E-state index contributed by atoms with van der Waals surface area (Å²) in [4.78, 5) is 14.2. The Hall–Kier alpha value is -2.14. The van der Waals surface area contributed by atoms with E-state index in [4.69, 9.17) is 14.7 Å². The molecular weight excluding hydrogens is 466 g/mol. The Bertz CT molecular complexity index is 1240. The van der Waals surface area contributed by atoms with Gasteiger partial charge in [0.2, 0.25) is 10.0 Å². The highest BCUT2D eigenvalue weighted by atomic mass is 32.2. The van der Waals surface area contributed by atoms with E-state index in [0.717, 1.165) is 53.6 Å². The van der Waals surface area contributed by atoms with Crippen LogP contribution in [0.5, 0.6) is 0 Å². The number of rotatable bonds is 9. The van der Waals surface area contributed by atoms with E-state index in [0.29, 0.717) is 26.2 Å². The van der Waals surface area contributed by atoms with Crippen LogP contribution in [0.15, 0.2) is 36.8 Å². The Morgan fingerprint density at radius 2 is 2.03 bits per heavy atom. The van der Waals surface area contributed by atoms with Crippen LogP contribution >= 0.6 is 0 Å². The monoisotopic (exact) mass is 501 g/mol. The van der Waals surface area contributed by atoms with E-state index in [9.17, 15) is 8.42 Å². The van der Waals surface area contributed by atoms with Gasteiger partial charge in [-0.3, -0.25) is 4.98 Å². The number of sulfonamides is 1. The maximum atomic E-state index is 12.0. The van der Waals surface area contributed by atoms with Crippen molar-refractivity contribution in [3.63, 3.8) is 0 Å². The SMILES string of the molecule is C[Si](C)(C)CCOCn1ccc2nc(-c3cccnc3C[C@H]3CCCN(S(C)(=O)=O)C3)cnc21. The molecule has 4 heterocycles. The summed E-state index contributed by atoms with van der Waals surface area (Å²) in [6, 6.07) is 7.03. The summed E-state index contributed by atoms with van der Waals surface area (Å²) >= 11 is 0. The van der Waals surface area contributed by atoms with E-state index in [1.54, 1.807) is 16.7 Å². The molecule has 10 heteroatoms. The Balaban J connectivity index is 1.49. The third-order valence-electron chi connectivity index (χ3n) is 6.29. The van der Waals surface area contributed by atoms with E-state index >= 15 is 0 Å². The van der Waals surface area contributed by atoms with Crippen LogP contribution in [0.1, 0.15) is 18.5 Å². The predicted octanol–water partition coefficient (Wildman–Crippen LogP) is 4.02. The number of aromatic nitrogens is 4. The fourth-order valence-corrected chi connectivity index (χ4v) is 6.04. The second-order valence-electron chi connectivity index (χ2n) is 10.4. The van der Waals surface area contributed by atoms with Crippen LogP contribution in [-0.4, -0.2) is 66.3 Å². The Morgan fingerprint density at radius 1 is 1.21 bits per heavy atom. The lowest BCUT2D eigenvalue weighted by Gasteiger charge is -2.31. The van der Waals surface area contributed by atoms with Gasteiger partial charge in [0.15, 0.2) is 5.65 Å². The minimum Gasteiger partial charge on any atom is -0.361 e. The first-order valence-electron chi connectivity index (χ1n) is 11.9. The van der Waals surface area contributed by atoms with Gasteiger partial charge < -0.3 is 9.30 Å². The maximum Gasteiger partial charge on any atom is 0.211 e. The van der Waals surface area contributed by atoms with Crippen LogP contribution in [0.3, 0.4) is 0 Å². The Kier molecular flexibility index (Phi) is 7.51. The van der Waals surface area contributed by atoms with Gasteiger partial charge in [-0.25, -0.2) is 22.7 Å². The van der Waals surface area contributed by atoms with Crippen molar-refractivity contribution in [3.05, 3.63) is 42.5 Å². The normalized spacial score (nSPS) is 17.9. The molecule has 0 aromatic carbocycles. The molecule has 0 amide bonds. The number of nitrogens with zero attached hydrogens (tertiary/aromatic N) is 5. The molecule has 0 saturated carbocycles. The summed E-state index contributed by atoms with van der Waals surface area (Å²) in [5.41, 5.74) is 4.29. The van der Waals surface area contributed by atoms with Gasteiger partial charge in [-0.2, -0.15) is 0 Å². The Morgan fingerprint density at radius 3 is 2.79 bits per heavy atom. The predicted molar refractivity (Wildman–Crippen MR) is 138 cm³/mol. The van der Waals surface area contributed by atoms with Crippen LogP contribution in [0.4, 0.5) is 0 Å². The summed E-state index contributed by atoms with van der Waals surface area (Å²) in [5, 5.41) is 0. The summed E-state index contributed by atoms with van der Waals surface area (Å²) in [7, 11) is -4.29. The van der Waals surface area contributed by atoms with Crippen LogP contribution in [-0.2, 0) is 27.9 Å². The molecule has 34 heavy (non-hydrogen) atoms. The van der Waals surface area contributed by atoms with Gasteiger partial charge in [-0.1, -0.05) is 19.6 Å². The molecular formula is C24H35N5O3SSi. The third kappa shape index (κ3) is 6.29. The molecule has 8 nitrogen and oxygen atoms in total.